The van der Waals surface area contributed by atoms with Gasteiger partial charge in [0.05, 0.1) is 0 Å². The van der Waals surface area contributed by atoms with E-state index in [0.717, 1.165) is 24.2 Å². The number of anilines is 3. The summed E-state index contributed by atoms with van der Waals surface area (Å²) in [7, 11) is 0. The van der Waals surface area contributed by atoms with Crippen LogP contribution in [0.1, 0.15) is 36.1 Å². The van der Waals surface area contributed by atoms with Gasteiger partial charge in [-0.2, -0.15) is 4.98 Å². The number of carbonyl (C=O) groups is 1. The largest absolute Gasteiger partial charge is 0.481 e. The number of hydrogen-bond donors (Lipinski definition) is 3. The van der Waals surface area contributed by atoms with Gasteiger partial charge in [0.2, 0.25) is 5.95 Å². The highest BCUT2D eigenvalue weighted by Crippen LogP contribution is 2.23. The van der Waals surface area contributed by atoms with E-state index in [1.54, 1.807) is 0 Å². The number of aliphatic carboxylic acids is 1. The Bertz CT molecular complexity index is 787. The molecule has 1 aromatic heterocycles. The maximum absolute atomic E-state index is 10.9. The third kappa shape index (κ3) is 4.41. The molecule has 1 aliphatic rings. The van der Waals surface area contributed by atoms with Crippen molar-refractivity contribution in [3.8, 4) is 0 Å². The normalized spacial score (nSPS) is 13.8. The van der Waals surface area contributed by atoms with Crippen LogP contribution < -0.4 is 16.0 Å². The number of carboxylic acid groups (broad SMARTS) is 1. The Kier molecular flexibility index (Phi) is 5.55. The average Bonchev–Trinajstić information content (AvgIpc) is 3.13. The molecule has 1 saturated heterocycles. The highest BCUT2D eigenvalue weighted by molar-refractivity contribution is 5.67. The van der Waals surface area contributed by atoms with Crippen LogP contribution in [0, 0.1) is 6.92 Å². The van der Waals surface area contributed by atoms with Crippen molar-refractivity contribution in [1.29, 1.82) is 0 Å². The summed E-state index contributed by atoms with van der Waals surface area (Å²) >= 11 is 0. The molecule has 0 atom stereocenters. The lowest BCUT2D eigenvalue weighted by atomic mass is 10.1. The number of aromatic nitrogens is 2. The SMILES string of the molecule is Cc1nc(N)nc(NCc2cccc(N3CCCC3)c2)c1CCC(=O)O. The maximum atomic E-state index is 10.9. The minimum absolute atomic E-state index is 0.0350. The van der Waals surface area contributed by atoms with Gasteiger partial charge in [0.25, 0.3) is 0 Å². The summed E-state index contributed by atoms with van der Waals surface area (Å²) in [4.78, 5) is 21.8. The van der Waals surface area contributed by atoms with E-state index >= 15 is 0 Å². The first kappa shape index (κ1) is 18.0. The summed E-state index contributed by atoms with van der Waals surface area (Å²) in [6.07, 6.45) is 2.90. The standard InChI is InChI=1S/C19H25N5O2/c1-13-16(7-8-17(25)26)18(23-19(20)22-13)21-12-14-5-4-6-15(11-14)24-9-2-3-10-24/h4-6,11H,2-3,7-10,12H2,1H3,(H,25,26)(H3,20,21,22,23). The second-order valence-electron chi connectivity index (χ2n) is 6.61. The molecule has 0 saturated carbocycles. The number of nitrogens with two attached hydrogens (primary N) is 1. The zero-order chi connectivity index (χ0) is 18.5. The van der Waals surface area contributed by atoms with Gasteiger partial charge in [0.1, 0.15) is 5.82 Å². The predicted octanol–water partition coefficient (Wildman–Crippen LogP) is 2.60. The number of rotatable bonds is 7. The number of carboxylic acids is 1. The van der Waals surface area contributed by atoms with Crippen LogP contribution in [0.3, 0.4) is 0 Å². The van der Waals surface area contributed by atoms with E-state index in [1.165, 1.54) is 18.5 Å². The fraction of sp³-hybridized carbons (Fsp3) is 0.421. The van der Waals surface area contributed by atoms with Gasteiger partial charge in [0.15, 0.2) is 0 Å². The maximum Gasteiger partial charge on any atom is 0.303 e. The van der Waals surface area contributed by atoms with Crippen molar-refractivity contribution < 1.29 is 9.90 Å². The Balaban J connectivity index is 1.74. The van der Waals surface area contributed by atoms with Crippen molar-refractivity contribution in [1.82, 2.24) is 9.97 Å². The molecule has 0 bridgehead atoms. The van der Waals surface area contributed by atoms with Crippen LogP contribution in [-0.2, 0) is 17.8 Å². The van der Waals surface area contributed by atoms with E-state index in [0.29, 0.717) is 24.5 Å². The van der Waals surface area contributed by atoms with Crippen molar-refractivity contribution >= 4 is 23.4 Å². The van der Waals surface area contributed by atoms with E-state index in [4.69, 9.17) is 10.8 Å². The summed E-state index contributed by atoms with van der Waals surface area (Å²) < 4.78 is 0. The number of nitrogen functional groups attached to an aromatic ring is 1. The summed E-state index contributed by atoms with van der Waals surface area (Å²) in [6.45, 7) is 4.64. The van der Waals surface area contributed by atoms with Gasteiger partial charge >= 0.3 is 5.97 Å². The van der Waals surface area contributed by atoms with E-state index < -0.39 is 5.97 Å². The zero-order valence-electron chi connectivity index (χ0n) is 15.0. The Hall–Kier alpha value is -2.83. The number of hydrogen-bond acceptors (Lipinski definition) is 6. The monoisotopic (exact) mass is 355 g/mol. The molecule has 7 nitrogen and oxygen atoms in total. The Morgan fingerprint density at radius 3 is 2.81 bits per heavy atom. The fourth-order valence-electron chi connectivity index (χ4n) is 3.32. The molecule has 1 aromatic carbocycles. The quantitative estimate of drug-likeness (QED) is 0.701. The lowest BCUT2D eigenvalue weighted by Gasteiger charge is -2.19. The molecule has 3 rings (SSSR count). The third-order valence-corrected chi connectivity index (χ3v) is 4.66. The Labute approximate surface area is 153 Å². The number of nitrogens with zero attached hydrogens (tertiary/aromatic N) is 3. The molecule has 26 heavy (non-hydrogen) atoms. The Morgan fingerprint density at radius 2 is 2.08 bits per heavy atom. The van der Waals surface area contributed by atoms with Crippen molar-refractivity contribution in [2.24, 2.45) is 0 Å². The molecule has 0 aliphatic carbocycles. The summed E-state index contributed by atoms with van der Waals surface area (Å²) in [5.74, 6) is -0.0387. The number of aryl methyl sites for hydroxylation is 1. The van der Waals surface area contributed by atoms with Gasteiger partial charge in [-0.3, -0.25) is 4.79 Å². The highest BCUT2D eigenvalue weighted by Gasteiger charge is 2.14. The van der Waals surface area contributed by atoms with Gasteiger partial charge in [0, 0.05) is 43.0 Å². The molecular formula is C19H25N5O2. The second-order valence-corrected chi connectivity index (χ2v) is 6.61. The van der Waals surface area contributed by atoms with Crippen LogP contribution in [-0.4, -0.2) is 34.1 Å². The van der Waals surface area contributed by atoms with E-state index in [9.17, 15) is 4.79 Å². The molecule has 7 heteroatoms. The van der Waals surface area contributed by atoms with E-state index in [1.807, 2.05) is 6.92 Å². The lowest BCUT2D eigenvalue weighted by molar-refractivity contribution is -0.136. The smallest absolute Gasteiger partial charge is 0.303 e. The summed E-state index contributed by atoms with van der Waals surface area (Å²) in [5, 5.41) is 12.3. The van der Waals surface area contributed by atoms with Crippen LogP contribution in [0.2, 0.25) is 0 Å². The molecule has 0 unspecified atom stereocenters. The van der Waals surface area contributed by atoms with Crippen LogP contribution in [0.15, 0.2) is 24.3 Å². The molecule has 1 aliphatic heterocycles. The van der Waals surface area contributed by atoms with Crippen molar-refractivity contribution in [3.63, 3.8) is 0 Å². The van der Waals surface area contributed by atoms with E-state index in [2.05, 4.69) is 44.5 Å². The number of benzene rings is 1. The minimum Gasteiger partial charge on any atom is -0.481 e. The van der Waals surface area contributed by atoms with Crippen molar-refractivity contribution in [2.45, 2.75) is 39.2 Å². The van der Waals surface area contributed by atoms with Crippen LogP contribution in [0.5, 0.6) is 0 Å². The van der Waals surface area contributed by atoms with Gasteiger partial charge in [-0.15, -0.1) is 0 Å². The summed E-state index contributed by atoms with van der Waals surface area (Å²) in [6, 6.07) is 8.46. The molecule has 0 spiro atoms. The molecule has 138 valence electrons. The van der Waals surface area contributed by atoms with Crippen molar-refractivity contribution in [3.05, 3.63) is 41.1 Å². The topological polar surface area (TPSA) is 104 Å². The van der Waals surface area contributed by atoms with Gasteiger partial charge in [-0.25, -0.2) is 4.98 Å². The molecule has 2 heterocycles. The second kappa shape index (κ2) is 8.03. The molecule has 4 N–H and O–H groups in total. The van der Waals surface area contributed by atoms with Crippen LogP contribution >= 0.6 is 0 Å². The highest BCUT2D eigenvalue weighted by atomic mass is 16.4. The third-order valence-electron chi connectivity index (χ3n) is 4.66. The van der Waals surface area contributed by atoms with Crippen LogP contribution in [0.4, 0.5) is 17.5 Å². The first-order chi connectivity index (χ1) is 12.5. The first-order valence-corrected chi connectivity index (χ1v) is 8.95. The predicted molar refractivity (Wildman–Crippen MR) is 102 cm³/mol. The van der Waals surface area contributed by atoms with Gasteiger partial charge < -0.3 is 21.1 Å². The van der Waals surface area contributed by atoms with Crippen LogP contribution in [0.25, 0.3) is 0 Å². The fourth-order valence-corrected chi connectivity index (χ4v) is 3.32. The summed E-state index contributed by atoms with van der Waals surface area (Å²) in [5.41, 5.74) is 9.68. The minimum atomic E-state index is -0.842. The zero-order valence-corrected chi connectivity index (χ0v) is 15.0. The number of nitrogens with one attached hydrogen (secondary N) is 1. The average molecular weight is 355 g/mol. The Morgan fingerprint density at radius 1 is 1.31 bits per heavy atom. The van der Waals surface area contributed by atoms with Gasteiger partial charge in [-0.1, -0.05) is 12.1 Å². The molecule has 0 amide bonds. The van der Waals surface area contributed by atoms with E-state index in [-0.39, 0.29) is 12.4 Å². The molecule has 1 fully saturated rings. The van der Waals surface area contributed by atoms with Crippen molar-refractivity contribution in [2.75, 3.05) is 29.0 Å². The molecular weight excluding hydrogens is 330 g/mol. The molecule has 2 aromatic rings. The lowest BCUT2D eigenvalue weighted by Crippen LogP contribution is -2.17. The first-order valence-electron chi connectivity index (χ1n) is 8.95. The molecule has 0 radical (unpaired) electrons. The van der Waals surface area contributed by atoms with Gasteiger partial charge in [-0.05, 0) is 43.9 Å².